The van der Waals surface area contributed by atoms with Crippen LogP contribution >= 0.6 is 0 Å². The fourth-order valence-corrected chi connectivity index (χ4v) is 1.72. The summed E-state index contributed by atoms with van der Waals surface area (Å²) < 4.78 is 11.0. The highest BCUT2D eigenvalue weighted by Crippen LogP contribution is 2.14. The van der Waals surface area contributed by atoms with Gasteiger partial charge in [-0.3, -0.25) is 0 Å². The number of nitrogens with one attached hydrogen (secondary N) is 1. The molecular formula is C12H25NO2. The molecule has 90 valence electrons. The Hall–Kier alpha value is -0.120. The molecule has 0 amide bonds. The zero-order chi connectivity index (χ0) is 10.9. The van der Waals surface area contributed by atoms with Crippen molar-refractivity contribution in [1.29, 1.82) is 0 Å². The molecule has 1 N–H and O–H groups in total. The molecule has 1 aliphatic heterocycles. The Morgan fingerprint density at radius 3 is 2.93 bits per heavy atom. The molecule has 3 nitrogen and oxygen atoms in total. The second-order valence-electron chi connectivity index (χ2n) is 4.64. The van der Waals surface area contributed by atoms with E-state index in [2.05, 4.69) is 19.2 Å². The first-order chi connectivity index (χ1) is 7.29. The molecule has 0 aliphatic carbocycles. The van der Waals surface area contributed by atoms with Gasteiger partial charge in [0.15, 0.2) is 0 Å². The van der Waals surface area contributed by atoms with Crippen LogP contribution in [0.15, 0.2) is 0 Å². The van der Waals surface area contributed by atoms with Gasteiger partial charge >= 0.3 is 0 Å². The van der Waals surface area contributed by atoms with E-state index in [0.29, 0.717) is 12.0 Å². The number of hydrogen-bond acceptors (Lipinski definition) is 3. The van der Waals surface area contributed by atoms with Gasteiger partial charge in [-0.05, 0) is 31.7 Å². The molecular weight excluding hydrogens is 190 g/mol. The lowest BCUT2D eigenvalue weighted by Crippen LogP contribution is -2.24. The Kier molecular flexibility index (Phi) is 6.98. The van der Waals surface area contributed by atoms with Gasteiger partial charge in [-0.15, -0.1) is 0 Å². The van der Waals surface area contributed by atoms with Crippen LogP contribution in [0.4, 0.5) is 0 Å². The molecule has 0 saturated carbocycles. The van der Waals surface area contributed by atoms with Crippen LogP contribution in [0.2, 0.25) is 0 Å². The van der Waals surface area contributed by atoms with Crippen molar-refractivity contribution in [3.05, 3.63) is 0 Å². The lowest BCUT2D eigenvalue weighted by Gasteiger charge is -2.10. The molecule has 0 aromatic rings. The summed E-state index contributed by atoms with van der Waals surface area (Å²) in [5, 5.41) is 3.38. The molecule has 1 rings (SSSR count). The Bertz CT molecular complexity index is 145. The molecule has 0 bridgehead atoms. The molecule has 1 aliphatic rings. The van der Waals surface area contributed by atoms with Gasteiger partial charge in [-0.2, -0.15) is 0 Å². The average molecular weight is 215 g/mol. The highest BCUT2D eigenvalue weighted by molar-refractivity contribution is 4.65. The second kappa shape index (κ2) is 8.08. The van der Waals surface area contributed by atoms with E-state index >= 15 is 0 Å². The smallest absolute Gasteiger partial charge is 0.0591 e. The van der Waals surface area contributed by atoms with E-state index in [0.717, 1.165) is 39.3 Å². The van der Waals surface area contributed by atoms with Crippen LogP contribution in [-0.2, 0) is 9.47 Å². The normalized spacial score (nSPS) is 21.4. The molecule has 1 fully saturated rings. The highest BCUT2D eigenvalue weighted by atomic mass is 16.5. The van der Waals surface area contributed by atoms with Crippen molar-refractivity contribution in [2.45, 2.75) is 39.2 Å². The second-order valence-corrected chi connectivity index (χ2v) is 4.64. The molecule has 1 heterocycles. The minimum Gasteiger partial charge on any atom is -0.380 e. The van der Waals surface area contributed by atoms with Crippen molar-refractivity contribution in [3.8, 4) is 0 Å². The summed E-state index contributed by atoms with van der Waals surface area (Å²) in [6.07, 6.45) is 4.13. The summed E-state index contributed by atoms with van der Waals surface area (Å²) in [6.45, 7) is 9.00. The Morgan fingerprint density at radius 2 is 2.27 bits per heavy atom. The van der Waals surface area contributed by atoms with Crippen LogP contribution in [-0.4, -0.2) is 39.0 Å². The summed E-state index contributed by atoms with van der Waals surface area (Å²) in [7, 11) is 0. The molecule has 0 aromatic carbocycles. The van der Waals surface area contributed by atoms with Crippen molar-refractivity contribution in [2.24, 2.45) is 5.92 Å². The van der Waals surface area contributed by atoms with Crippen molar-refractivity contribution in [3.63, 3.8) is 0 Å². The summed E-state index contributed by atoms with van der Waals surface area (Å²) in [6, 6.07) is 0. The molecule has 3 heteroatoms. The van der Waals surface area contributed by atoms with E-state index in [1.165, 1.54) is 12.8 Å². The minimum absolute atomic E-state index is 0.508. The van der Waals surface area contributed by atoms with Crippen LogP contribution in [0, 0.1) is 5.92 Å². The quantitative estimate of drug-likeness (QED) is 0.626. The molecule has 1 atom stereocenters. The minimum atomic E-state index is 0.508. The monoisotopic (exact) mass is 215 g/mol. The van der Waals surface area contributed by atoms with Crippen LogP contribution < -0.4 is 5.32 Å². The maximum atomic E-state index is 5.54. The molecule has 0 radical (unpaired) electrons. The van der Waals surface area contributed by atoms with Crippen molar-refractivity contribution in [1.82, 2.24) is 5.32 Å². The first-order valence-corrected chi connectivity index (χ1v) is 6.19. The van der Waals surface area contributed by atoms with E-state index in [-0.39, 0.29) is 0 Å². The molecule has 15 heavy (non-hydrogen) atoms. The topological polar surface area (TPSA) is 30.5 Å². The van der Waals surface area contributed by atoms with Crippen molar-refractivity contribution >= 4 is 0 Å². The first-order valence-electron chi connectivity index (χ1n) is 6.19. The average Bonchev–Trinajstić information content (AvgIpc) is 2.68. The van der Waals surface area contributed by atoms with Gasteiger partial charge in [0.25, 0.3) is 0 Å². The van der Waals surface area contributed by atoms with E-state index in [1.807, 2.05) is 0 Å². The van der Waals surface area contributed by atoms with E-state index in [1.54, 1.807) is 0 Å². The number of ether oxygens (including phenoxy) is 2. The van der Waals surface area contributed by atoms with Gasteiger partial charge in [0.2, 0.25) is 0 Å². The van der Waals surface area contributed by atoms with E-state index in [4.69, 9.17) is 9.47 Å². The summed E-state index contributed by atoms with van der Waals surface area (Å²) in [5.41, 5.74) is 0. The third kappa shape index (κ3) is 6.88. The van der Waals surface area contributed by atoms with Crippen molar-refractivity contribution in [2.75, 3.05) is 32.9 Å². The largest absolute Gasteiger partial charge is 0.380 e. The lowest BCUT2D eigenvalue weighted by atomic mass is 10.2. The maximum absolute atomic E-state index is 5.54. The first kappa shape index (κ1) is 12.9. The van der Waals surface area contributed by atoms with Gasteiger partial charge in [0.1, 0.15) is 0 Å². The zero-order valence-electron chi connectivity index (χ0n) is 10.1. The SMILES string of the molecule is CC(C)COCCNCCC1CCCO1. The summed E-state index contributed by atoms with van der Waals surface area (Å²) in [5.74, 6) is 0.636. The Labute approximate surface area is 93.5 Å². The number of rotatable bonds is 8. The van der Waals surface area contributed by atoms with Gasteiger partial charge < -0.3 is 14.8 Å². The number of hydrogen-bond donors (Lipinski definition) is 1. The lowest BCUT2D eigenvalue weighted by molar-refractivity contribution is 0.0984. The Balaban J connectivity index is 1.76. The predicted molar refractivity (Wildman–Crippen MR) is 62.1 cm³/mol. The van der Waals surface area contributed by atoms with Gasteiger partial charge in [-0.1, -0.05) is 13.8 Å². The fourth-order valence-electron chi connectivity index (χ4n) is 1.72. The van der Waals surface area contributed by atoms with E-state index in [9.17, 15) is 0 Å². The predicted octanol–water partition coefficient (Wildman–Crippen LogP) is 1.82. The summed E-state index contributed by atoms with van der Waals surface area (Å²) >= 11 is 0. The van der Waals surface area contributed by atoms with Crippen LogP contribution in [0.25, 0.3) is 0 Å². The highest BCUT2D eigenvalue weighted by Gasteiger charge is 2.13. The van der Waals surface area contributed by atoms with Gasteiger partial charge in [0, 0.05) is 19.8 Å². The Morgan fingerprint density at radius 1 is 1.40 bits per heavy atom. The van der Waals surface area contributed by atoms with Crippen LogP contribution in [0.5, 0.6) is 0 Å². The van der Waals surface area contributed by atoms with Crippen LogP contribution in [0.3, 0.4) is 0 Å². The zero-order valence-corrected chi connectivity index (χ0v) is 10.1. The third-order valence-electron chi connectivity index (χ3n) is 2.54. The fraction of sp³-hybridized carbons (Fsp3) is 1.00. The summed E-state index contributed by atoms with van der Waals surface area (Å²) in [4.78, 5) is 0. The van der Waals surface area contributed by atoms with E-state index < -0.39 is 0 Å². The molecule has 1 unspecified atom stereocenters. The van der Waals surface area contributed by atoms with Gasteiger partial charge in [-0.25, -0.2) is 0 Å². The van der Waals surface area contributed by atoms with Crippen molar-refractivity contribution < 1.29 is 9.47 Å². The standard InChI is InChI=1S/C12H25NO2/c1-11(2)10-14-9-7-13-6-5-12-4-3-8-15-12/h11-13H,3-10H2,1-2H3. The maximum Gasteiger partial charge on any atom is 0.0591 e. The molecule has 0 aromatic heterocycles. The molecule has 0 spiro atoms. The van der Waals surface area contributed by atoms with Crippen LogP contribution in [0.1, 0.15) is 33.1 Å². The third-order valence-corrected chi connectivity index (χ3v) is 2.54. The van der Waals surface area contributed by atoms with Gasteiger partial charge in [0.05, 0.1) is 12.7 Å². The molecule has 1 saturated heterocycles.